The van der Waals surface area contributed by atoms with Gasteiger partial charge >= 0.3 is 5.97 Å². The summed E-state index contributed by atoms with van der Waals surface area (Å²) in [4.78, 5) is 23.2. The zero-order chi connectivity index (χ0) is 18.9. The van der Waals surface area contributed by atoms with Gasteiger partial charge in [0.15, 0.2) is 10.6 Å². The first-order valence-corrected chi connectivity index (χ1v) is 8.98. The number of hydrogen-bond acceptors (Lipinski definition) is 5. The highest BCUT2D eigenvalue weighted by Gasteiger charge is 2.12. The fourth-order valence-corrected chi connectivity index (χ4v) is 2.77. The van der Waals surface area contributed by atoms with Crippen LogP contribution in [0.1, 0.15) is 31.2 Å². The van der Waals surface area contributed by atoms with Gasteiger partial charge in [-0.2, -0.15) is 5.10 Å². The van der Waals surface area contributed by atoms with E-state index in [2.05, 4.69) is 20.3 Å². The molecule has 0 fully saturated rings. The van der Waals surface area contributed by atoms with E-state index >= 15 is 0 Å². The zero-order valence-electron chi connectivity index (χ0n) is 15.1. The molecule has 0 saturated carbocycles. The Morgan fingerprint density at radius 3 is 2.85 bits per heavy atom. The third-order valence-corrected chi connectivity index (χ3v) is 4.26. The van der Waals surface area contributed by atoms with Crippen molar-refractivity contribution in [2.24, 2.45) is 0 Å². The van der Waals surface area contributed by atoms with E-state index in [0.717, 1.165) is 30.4 Å². The third-order valence-electron chi connectivity index (χ3n) is 3.94. The molecule has 1 amide bonds. The van der Waals surface area contributed by atoms with Crippen LogP contribution in [0.3, 0.4) is 0 Å². The molecule has 0 radical (unpaired) electrons. The number of ether oxygens (including phenoxy) is 1. The molecule has 0 atom stereocenters. The zero-order valence-corrected chi connectivity index (χ0v) is 15.9. The number of unbranched alkanes of at least 4 members (excludes halogenated alkanes) is 2. The number of methoxy groups -OCH3 is 1. The molecule has 1 aromatic heterocycles. The molecule has 26 heavy (non-hydrogen) atoms. The molecule has 0 unspecified atom stereocenters. The van der Waals surface area contributed by atoms with E-state index in [1.54, 1.807) is 4.57 Å². The summed E-state index contributed by atoms with van der Waals surface area (Å²) in [7, 11) is 1.38. The van der Waals surface area contributed by atoms with E-state index in [0.29, 0.717) is 23.6 Å². The van der Waals surface area contributed by atoms with E-state index in [-0.39, 0.29) is 18.4 Å². The van der Waals surface area contributed by atoms with E-state index in [9.17, 15) is 9.59 Å². The van der Waals surface area contributed by atoms with Crippen LogP contribution in [0, 0.1) is 11.7 Å². The monoisotopic (exact) mass is 376 g/mol. The van der Waals surface area contributed by atoms with Crippen molar-refractivity contribution in [1.29, 1.82) is 0 Å². The molecular formula is C18H24N4O3S. The molecule has 0 spiro atoms. The average molecular weight is 376 g/mol. The second kappa shape index (κ2) is 9.86. The van der Waals surface area contributed by atoms with Gasteiger partial charge in [0.2, 0.25) is 5.91 Å². The fraction of sp³-hybridized carbons (Fsp3) is 0.444. The van der Waals surface area contributed by atoms with Crippen molar-refractivity contribution in [3.8, 4) is 11.4 Å². The lowest BCUT2D eigenvalue weighted by atomic mass is 10.1. The predicted molar refractivity (Wildman–Crippen MR) is 101 cm³/mol. The summed E-state index contributed by atoms with van der Waals surface area (Å²) in [6, 6.07) is 7.89. The van der Waals surface area contributed by atoms with Crippen LogP contribution in [0.5, 0.6) is 0 Å². The van der Waals surface area contributed by atoms with Crippen molar-refractivity contribution in [3.63, 3.8) is 0 Å². The van der Waals surface area contributed by atoms with Crippen LogP contribution in [0.2, 0.25) is 0 Å². The molecule has 0 aliphatic heterocycles. The lowest BCUT2D eigenvalue weighted by Crippen LogP contribution is -2.28. The van der Waals surface area contributed by atoms with Gasteiger partial charge in [-0.3, -0.25) is 19.3 Å². The lowest BCUT2D eigenvalue weighted by Gasteiger charge is -2.08. The molecule has 140 valence electrons. The topological polar surface area (TPSA) is 89.0 Å². The van der Waals surface area contributed by atoms with Crippen LogP contribution in [0.4, 0.5) is 0 Å². The number of hydrogen-bond donors (Lipinski definition) is 2. The van der Waals surface area contributed by atoms with E-state index in [4.69, 9.17) is 12.2 Å². The molecular weight excluding hydrogens is 352 g/mol. The summed E-state index contributed by atoms with van der Waals surface area (Å²) in [6.45, 7) is 2.67. The molecule has 2 rings (SSSR count). The minimum absolute atomic E-state index is 0.112. The van der Waals surface area contributed by atoms with Gasteiger partial charge in [0, 0.05) is 18.5 Å². The number of nitrogens with zero attached hydrogens (tertiary/aromatic N) is 2. The van der Waals surface area contributed by atoms with Crippen molar-refractivity contribution in [1.82, 2.24) is 20.1 Å². The quantitative estimate of drug-likeness (QED) is 0.399. The number of H-pyrrole nitrogens is 1. The van der Waals surface area contributed by atoms with Crippen LogP contribution < -0.4 is 5.32 Å². The van der Waals surface area contributed by atoms with Gasteiger partial charge in [0.05, 0.1) is 7.11 Å². The maximum absolute atomic E-state index is 12.2. The summed E-state index contributed by atoms with van der Waals surface area (Å²) in [5, 5.41) is 9.88. The van der Waals surface area contributed by atoms with E-state index in [1.807, 2.05) is 31.2 Å². The summed E-state index contributed by atoms with van der Waals surface area (Å²) >= 11 is 5.25. The summed E-state index contributed by atoms with van der Waals surface area (Å²) < 4.78 is 6.69. The smallest absolute Gasteiger partial charge is 0.305 e. The number of nitrogens with one attached hydrogen (secondary N) is 2. The maximum atomic E-state index is 12.2. The fourth-order valence-electron chi connectivity index (χ4n) is 2.57. The van der Waals surface area contributed by atoms with Crippen molar-refractivity contribution in [2.75, 3.05) is 13.7 Å². The third kappa shape index (κ3) is 5.80. The van der Waals surface area contributed by atoms with Crippen LogP contribution in [-0.4, -0.2) is 40.3 Å². The predicted octanol–water partition coefficient (Wildman–Crippen LogP) is 2.77. The van der Waals surface area contributed by atoms with Crippen LogP contribution in [0.15, 0.2) is 24.3 Å². The van der Waals surface area contributed by atoms with Crippen LogP contribution in [-0.2, 0) is 20.9 Å². The Balaban J connectivity index is 1.85. The minimum Gasteiger partial charge on any atom is -0.469 e. The molecule has 1 heterocycles. The summed E-state index contributed by atoms with van der Waals surface area (Å²) in [5.41, 5.74) is 2.02. The highest BCUT2D eigenvalue weighted by molar-refractivity contribution is 7.71. The van der Waals surface area contributed by atoms with E-state index < -0.39 is 0 Å². The van der Waals surface area contributed by atoms with Crippen LogP contribution in [0.25, 0.3) is 11.4 Å². The Bertz CT molecular complexity index is 813. The number of aromatic amines is 1. The maximum Gasteiger partial charge on any atom is 0.305 e. The van der Waals surface area contributed by atoms with Crippen molar-refractivity contribution in [2.45, 2.75) is 39.2 Å². The first-order chi connectivity index (χ1) is 12.5. The molecule has 0 saturated heterocycles. The molecule has 8 heteroatoms. The Morgan fingerprint density at radius 2 is 2.12 bits per heavy atom. The highest BCUT2D eigenvalue weighted by atomic mass is 32.1. The molecule has 0 aliphatic carbocycles. The number of benzene rings is 1. The van der Waals surface area contributed by atoms with Crippen molar-refractivity contribution < 1.29 is 14.3 Å². The second-order valence-corrected chi connectivity index (χ2v) is 6.43. The molecule has 0 aliphatic rings. The molecule has 2 N–H and O–H groups in total. The lowest BCUT2D eigenvalue weighted by molar-refractivity contribution is -0.140. The number of esters is 1. The molecule has 2 aromatic rings. The van der Waals surface area contributed by atoms with Gasteiger partial charge in [-0.05, 0) is 38.0 Å². The van der Waals surface area contributed by atoms with Gasteiger partial charge in [0.1, 0.15) is 6.54 Å². The number of carbonyl (C=O) groups is 2. The SMILES string of the molecule is COC(=O)CCCCCNC(=O)Cn1c(-c2cccc(C)c2)n[nH]c1=S. The van der Waals surface area contributed by atoms with Gasteiger partial charge in [-0.1, -0.05) is 30.2 Å². The van der Waals surface area contributed by atoms with Gasteiger partial charge in [-0.15, -0.1) is 0 Å². The number of carbonyl (C=O) groups excluding carboxylic acids is 2. The summed E-state index contributed by atoms with van der Waals surface area (Å²) in [6.07, 6.45) is 2.83. The van der Waals surface area contributed by atoms with Crippen molar-refractivity contribution in [3.05, 3.63) is 34.6 Å². The summed E-state index contributed by atoms with van der Waals surface area (Å²) in [5.74, 6) is 0.323. The van der Waals surface area contributed by atoms with Gasteiger partial charge in [-0.25, -0.2) is 0 Å². The number of rotatable bonds is 9. The van der Waals surface area contributed by atoms with Crippen LogP contribution >= 0.6 is 12.2 Å². The number of aromatic nitrogens is 3. The highest BCUT2D eigenvalue weighted by Crippen LogP contribution is 2.18. The second-order valence-electron chi connectivity index (χ2n) is 6.04. The standard InChI is InChI=1S/C18H24N4O3S/c1-13-7-6-8-14(11-13)17-20-21-18(26)22(17)12-15(23)19-10-5-3-4-9-16(24)25-2/h6-8,11H,3-5,9-10,12H2,1-2H3,(H,19,23)(H,21,26). The molecule has 7 nitrogen and oxygen atoms in total. The van der Waals surface area contributed by atoms with Gasteiger partial charge < -0.3 is 10.1 Å². The molecule has 0 bridgehead atoms. The number of aryl methyl sites for hydroxylation is 1. The average Bonchev–Trinajstić information content (AvgIpc) is 2.98. The Morgan fingerprint density at radius 1 is 1.31 bits per heavy atom. The molecule has 1 aromatic carbocycles. The van der Waals surface area contributed by atoms with Crippen molar-refractivity contribution >= 4 is 24.1 Å². The minimum atomic E-state index is -0.202. The first kappa shape index (κ1) is 19.8. The van der Waals surface area contributed by atoms with Gasteiger partial charge in [0.25, 0.3) is 0 Å². The Labute approximate surface area is 157 Å². The normalized spacial score (nSPS) is 10.5. The Hall–Kier alpha value is -2.48. The van der Waals surface area contributed by atoms with E-state index in [1.165, 1.54) is 7.11 Å². The Kier molecular flexibility index (Phi) is 7.53. The first-order valence-electron chi connectivity index (χ1n) is 8.57. The largest absolute Gasteiger partial charge is 0.469 e. The number of amides is 1.